The van der Waals surface area contributed by atoms with Gasteiger partial charge in [0.05, 0.1) is 18.4 Å². The molecule has 144 valence electrons. The molecule has 0 fully saturated rings. The van der Waals surface area contributed by atoms with Crippen molar-refractivity contribution in [1.29, 1.82) is 0 Å². The number of nitrogens with one attached hydrogen (secondary N) is 1. The van der Waals surface area contributed by atoms with Gasteiger partial charge in [-0.1, -0.05) is 66.7 Å². The molecule has 4 heteroatoms. The Morgan fingerprint density at radius 2 is 1.59 bits per heavy atom. The second kappa shape index (κ2) is 8.15. The highest BCUT2D eigenvalue weighted by atomic mass is 16.5. The van der Waals surface area contributed by atoms with Gasteiger partial charge >= 0.3 is 0 Å². The Hall–Kier alpha value is -3.66. The maximum atomic E-state index is 12.9. The van der Waals surface area contributed by atoms with Gasteiger partial charge in [-0.15, -0.1) is 0 Å². The van der Waals surface area contributed by atoms with Gasteiger partial charge in [-0.2, -0.15) is 5.10 Å². The van der Waals surface area contributed by atoms with E-state index in [-0.39, 0.29) is 5.91 Å². The summed E-state index contributed by atoms with van der Waals surface area (Å²) < 4.78 is 5.76. The lowest BCUT2D eigenvalue weighted by atomic mass is 9.99. The molecule has 0 unspecified atom stereocenters. The van der Waals surface area contributed by atoms with E-state index in [1.807, 2.05) is 86.6 Å². The Morgan fingerprint density at radius 3 is 2.34 bits per heavy atom. The van der Waals surface area contributed by atoms with Crippen LogP contribution in [-0.2, 0) is 0 Å². The second-order valence-corrected chi connectivity index (χ2v) is 6.81. The van der Waals surface area contributed by atoms with Gasteiger partial charge in [0.1, 0.15) is 5.75 Å². The second-order valence-electron chi connectivity index (χ2n) is 6.81. The summed E-state index contributed by atoms with van der Waals surface area (Å²) in [6, 6.07) is 23.8. The third-order valence-electron chi connectivity index (χ3n) is 4.95. The van der Waals surface area contributed by atoms with E-state index in [1.54, 1.807) is 6.21 Å². The van der Waals surface area contributed by atoms with Crippen molar-refractivity contribution in [1.82, 2.24) is 5.43 Å². The highest BCUT2D eigenvalue weighted by molar-refractivity contribution is 6.09. The number of hydrogen-bond donors (Lipinski definition) is 1. The molecular weight excluding hydrogens is 360 g/mol. The first-order valence-corrected chi connectivity index (χ1v) is 9.65. The van der Waals surface area contributed by atoms with Gasteiger partial charge in [0.15, 0.2) is 0 Å². The molecule has 0 saturated heterocycles. The third kappa shape index (κ3) is 3.69. The number of nitrogens with zero attached hydrogens (tertiary/aromatic N) is 1. The summed E-state index contributed by atoms with van der Waals surface area (Å²) in [5.74, 6) is 0.513. The van der Waals surface area contributed by atoms with Crippen LogP contribution in [0.25, 0.3) is 21.5 Å². The SMILES string of the molecule is CCOc1ccc2ccccc2c1/C=N\NC(=O)c1c(C)ccc2ccccc12. The average Bonchev–Trinajstić information content (AvgIpc) is 2.75. The number of carbonyl (C=O) groups excluding carboxylic acids is 1. The van der Waals surface area contributed by atoms with Crippen LogP contribution in [0.15, 0.2) is 77.9 Å². The third-order valence-corrected chi connectivity index (χ3v) is 4.95. The number of aryl methyl sites for hydroxylation is 1. The fraction of sp³-hybridized carbons (Fsp3) is 0.120. The van der Waals surface area contributed by atoms with Crippen LogP contribution in [0.2, 0.25) is 0 Å². The van der Waals surface area contributed by atoms with E-state index in [1.165, 1.54) is 0 Å². The first kappa shape index (κ1) is 18.7. The molecule has 0 aliphatic carbocycles. The van der Waals surface area contributed by atoms with Crippen molar-refractivity contribution in [2.75, 3.05) is 6.61 Å². The smallest absolute Gasteiger partial charge is 0.272 e. The molecule has 29 heavy (non-hydrogen) atoms. The Bertz CT molecular complexity index is 1230. The van der Waals surface area contributed by atoms with Crippen molar-refractivity contribution < 1.29 is 9.53 Å². The molecule has 0 bridgehead atoms. The van der Waals surface area contributed by atoms with E-state index < -0.39 is 0 Å². The van der Waals surface area contributed by atoms with E-state index >= 15 is 0 Å². The molecule has 1 amide bonds. The number of rotatable bonds is 5. The fourth-order valence-corrected chi connectivity index (χ4v) is 3.58. The summed E-state index contributed by atoms with van der Waals surface area (Å²) in [4.78, 5) is 12.9. The van der Waals surface area contributed by atoms with Crippen LogP contribution in [0, 0.1) is 6.92 Å². The maximum absolute atomic E-state index is 12.9. The van der Waals surface area contributed by atoms with E-state index in [0.717, 1.165) is 38.4 Å². The van der Waals surface area contributed by atoms with Crippen LogP contribution in [0.3, 0.4) is 0 Å². The molecule has 0 aliphatic heterocycles. The van der Waals surface area contributed by atoms with Crippen molar-refractivity contribution in [3.05, 3.63) is 89.5 Å². The van der Waals surface area contributed by atoms with Crippen LogP contribution >= 0.6 is 0 Å². The Labute approximate surface area is 169 Å². The number of ether oxygens (including phenoxy) is 1. The lowest BCUT2D eigenvalue weighted by Gasteiger charge is -2.11. The molecule has 4 nitrogen and oxygen atoms in total. The predicted molar refractivity (Wildman–Crippen MR) is 119 cm³/mol. The number of hydrazone groups is 1. The van der Waals surface area contributed by atoms with Gasteiger partial charge in [-0.3, -0.25) is 4.79 Å². The summed E-state index contributed by atoms with van der Waals surface area (Å²) in [6.45, 7) is 4.44. The van der Waals surface area contributed by atoms with Crippen LogP contribution in [0.4, 0.5) is 0 Å². The number of hydrogen-bond acceptors (Lipinski definition) is 3. The molecule has 0 spiro atoms. The maximum Gasteiger partial charge on any atom is 0.272 e. The average molecular weight is 382 g/mol. The van der Waals surface area contributed by atoms with Gasteiger partial charge in [-0.05, 0) is 47.0 Å². The van der Waals surface area contributed by atoms with Crippen molar-refractivity contribution in [2.24, 2.45) is 5.10 Å². The van der Waals surface area contributed by atoms with E-state index in [9.17, 15) is 4.79 Å². The van der Waals surface area contributed by atoms with Crippen LogP contribution in [0.5, 0.6) is 5.75 Å². The minimum Gasteiger partial charge on any atom is -0.493 e. The Morgan fingerprint density at radius 1 is 0.931 bits per heavy atom. The molecule has 0 radical (unpaired) electrons. The first-order valence-electron chi connectivity index (χ1n) is 9.65. The lowest BCUT2D eigenvalue weighted by molar-refractivity contribution is 0.0956. The largest absolute Gasteiger partial charge is 0.493 e. The van der Waals surface area contributed by atoms with Gasteiger partial charge in [-0.25, -0.2) is 5.43 Å². The highest BCUT2D eigenvalue weighted by Crippen LogP contribution is 2.27. The van der Waals surface area contributed by atoms with E-state index in [2.05, 4.69) is 10.5 Å². The van der Waals surface area contributed by atoms with Crippen LogP contribution in [-0.4, -0.2) is 18.7 Å². The zero-order chi connectivity index (χ0) is 20.2. The molecule has 0 saturated carbocycles. The van der Waals surface area contributed by atoms with Crippen molar-refractivity contribution in [3.63, 3.8) is 0 Å². The van der Waals surface area contributed by atoms with Crippen molar-refractivity contribution in [3.8, 4) is 5.75 Å². The van der Waals surface area contributed by atoms with Gasteiger partial charge in [0.25, 0.3) is 5.91 Å². The summed E-state index contributed by atoms with van der Waals surface area (Å²) in [5.41, 5.74) is 5.09. The minimum absolute atomic E-state index is 0.228. The van der Waals surface area contributed by atoms with E-state index in [4.69, 9.17) is 4.74 Å². The Kier molecular flexibility index (Phi) is 5.25. The topological polar surface area (TPSA) is 50.7 Å². The predicted octanol–water partition coefficient (Wildman–Crippen LogP) is 5.46. The van der Waals surface area contributed by atoms with Crippen LogP contribution in [0.1, 0.15) is 28.4 Å². The van der Waals surface area contributed by atoms with Crippen molar-refractivity contribution in [2.45, 2.75) is 13.8 Å². The van der Waals surface area contributed by atoms with Gasteiger partial charge in [0, 0.05) is 5.56 Å². The molecule has 0 heterocycles. The minimum atomic E-state index is -0.228. The number of fused-ring (bicyclic) bond motifs is 2. The summed E-state index contributed by atoms with van der Waals surface area (Å²) in [7, 11) is 0. The Balaban J connectivity index is 1.67. The molecule has 4 aromatic rings. The van der Waals surface area contributed by atoms with Gasteiger partial charge < -0.3 is 4.74 Å². The normalized spacial score (nSPS) is 11.2. The first-order chi connectivity index (χ1) is 14.2. The zero-order valence-corrected chi connectivity index (χ0v) is 16.5. The molecule has 0 atom stereocenters. The molecule has 4 aromatic carbocycles. The van der Waals surface area contributed by atoms with Crippen molar-refractivity contribution >= 4 is 33.7 Å². The highest BCUT2D eigenvalue weighted by Gasteiger charge is 2.13. The van der Waals surface area contributed by atoms with E-state index in [0.29, 0.717) is 12.2 Å². The molecule has 1 N–H and O–H groups in total. The quantitative estimate of drug-likeness (QED) is 0.368. The monoisotopic (exact) mass is 382 g/mol. The summed E-state index contributed by atoms with van der Waals surface area (Å²) in [6.07, 6.45) is 1.66. The standard InChI is InChI=1S/C25H22N2O2/c1-3-29-23-15-14-18-8-4-6-10-20(18)22(23)16-26-27-25(28)24-17(2)12-13-19-9-5-7-11-21(19)24/h4-16H,3H2,1-2H3,(H,27,28)/b26-16-. The molecular formula is C25H22N2O2. The summed E-state index contributed by atoms with van der Waals surface area (Å²) in [5, 5.41) is 8.32. The fourth-order valence-electron chi connectivity index (χ4n) is 3.58. The zero-order valence-electron chi connectivity index (χ0n) is 16.5. The molecule has 4 rings (SSSR count). The number of benzene rings is 4. The molecule has 0 aliphatic rings. The molecule has 0 aromatic heterocycles. The number of amides is 1. The number of carbonyl (C=O) groups is 1. The lowest BCUT2D eigenvalue weighted by Crippen LogP contribution is -2.19. The van der Waals surface area contributed by atoms with Gasteiger partial charge in [0.2, 0.25) is 0 Å². The summed E-state index contributed by atoms with van der Waals surface area (Å²) >= 11 is 0. The van der Waals surface area contributed by atoms with Crippen LogP contribution < -0.4 is 10.2 Å².